The van der Waals surface area contributed by atoms with Crippen LogP contribution >= 0.6 is 39.0 Å². The van der Waals surface area contributed by atoms with E-state index in [4.69, 9.17) is 10.5 Å². The molecule has 112 valence electrons. The molecule has 5 nitrogen and oxygen atoms in total. The molecular formula is C13H14BrN3O2S2. The fourth-order valence-corrected chi connectivity index (χ4v) is 3.81. The number of nitrogen functional groups attached to an aromatic ring is 1. The number of carbonyl (C=O) groups excluding carboxylic acids is 1. The number of esters is 1. The lowest BCUT2D eigenvalue weighted by Gasteiger charge is -2.13. The summed E-state index contributed by atoms with van der Waals surface area (Å²) in [5.41, 5.74) is 6.63. The van der Waals surface area contributed by atoms with Crippen molar-refractivity contribution in [3.05, 3.63) is 34.3 Å². The number of aromatic nitrogens is 2. The Morgan fingerprint density at radius 1 is 1.43 bits per heavy atom. The molecule has 0 saturated heterocycles. The summed E-state index contributed by atoms with van der Waals surface area (Å²) >= 11 is 6.00. The first-order valence-corrected chi connectivity index (χ1v) is 8.74. The number of nitrogens with zero attached hydrogens (tertiary/aromatic N) is 2. The van der Waals surface area contributed by atoms with Gasteiger partial charge in [-0.3, -0.25) is 4.79 Å². The second-order valence-corrected chi connectivity index (χ2v) is 7.47. The minimum atomic E-state index is -0.363. The Hall–Kier alpha value is -1.12. The summed E-state index contributed by atoms with van der Waals surface area (Å²) < 4.78 is 6.81. The van der Waals surface area contributed by atoms with Crippen LogP contribution in [0.2, 0.25) is 0 Å². The maximum Gasteiger partial charge on any atom is 0.319 e. The number of carbonyl (C=O) groups is 1. The Morgan fingerprint density at radius 2 is 2.14 bits per heavy atom. The van der Waals surface area contributed by atoms with Gasteiger partial charge in [0.15, 0.2) is 4.34 Å². The number of ether oxygens (including phenoxy) is 1. The van der Waals surface area contributed by atoms with Gasteiger partial charge in [0.2, 0.25) is 5.13 Å². The van der Waals surface area contributed by atoms with E-state index in [2.05, 4.69) is 26.1 Å². The predicted octanol–water partition coefficient (Wildman–Crippen LogP) is 3.15. The molecule has 0 spiro atoms. The molecule has 21 heavy (non-hydrogen) atoms. The van der Waals surface area contributed by atoms with Crippen LogP contribution in [0.5, 0.6) is 0 Å². The fourth-order valence-electron chi connectivity index (χ4n) is 1.63. The molecule has 1 aromatic carbocycles. The summed E-state index contributed by atoms with van der Waals surface area (Å²) in [6.07, 6.45) is 0.566. The average Bonchev–Trinajstić information content (AvgIpc) is 2.86. The van der Waals surface area contributed by atoms with Gasteiger partial charge in [-0.25, -0.2) is 0 Å². The van der Waals surface area contributed by atoms with Gasteiger partial charge in [0.05, 0.1) is 6.61 Å². The van der Waals surface area contributed by atoms with Gasteiger partial charge < -0.3 is 10.5 Å². The van der Waals surface area contributed by atoms with Gasteiger partial charge in [-0.15, -0.1) is 10.2 Å². The quantitative estimate of drug-likeness (QED) is 0.605. The van der Waals surface area contributed by atoms with Gasteiger partial charge in [-0.2, -0.15) is 0 Å². The number of nitrogens with two attached hydrogens (primary N) is 1. The molecular weight excluding hydrogens is 374 g/mol. The predicted molar refractivity (Wildman–Crippen MR) is 88.4 cm³/mol. The molecule has 1 atom stereocenters. The van der Waals surface area contributed by atoms with Gasteiger partial charge in [-0.1, -0.05) is 51.2 Å². The second-order valence-electron chi connectivity index (χ2n) is 4.10. The Kier molecular flexibility index (Phi) is 6.01. The van der Waals surface area contributed by atoms with E-state index in [1.807, 2.05) is 24.3 Å². The van der Waals surface area contributed by atoms with Crippen molar-refractivity contribution in [1.82, 2.24) is 10.2 Å². The topological polar surface area (TPSA) is 78.1 Å². The van der Waals surface area contributed by atoms with E-state index in [-0.39, 0.29) is 11.2 Å². The van der Waals surface area contributed by atoms with Crippen molar-refractivity contribution in [2.45, 2.75) is 22.9 Å². The van der Waals surface area contributed by atoms with E-state index in [1.165, 1.54) is 23.1 Å². The Morgan fingerprint density at radius 3 is 2.71 bits per heavy atom. The zero-order valence-corrected chi connectivity index (χ0v) is 14.5. The highest BCUT2D eigenvalue weighted by atomic mass is 79.9. The van der Waals surface area contributed by atoms with Crippen LogP contribution < -0.4 is 5.73 Å². The normalized spacial score (nSPS) is 12.1. The van der Waals surface area contributed by atoms with E-state index in [0.717, 1.165) is 10.0 Å². The van der Waals surface area contributed by atoms with E-state index in [1.54, 1.807) is 6.92 Å². The molecule has 1 heterocycles. The van der Waals surface area contributed by atoms with Gasteiger partial charge in [0.1, 0.15) is 5.25 Å². The van der Waals surface area contributed by atoms with E-state index in [9.17, 15) is 4.79 Å². The van der Waals surface area contributed by atoms with E-state index in [0.29, 0.717) is 22.5 Å². The largest absolute Gasteiger partial charge is 0.465 e. The first-order valence-electron chi connectivity index (χ1n) is 6.25. The third-order valence-electron chi connectivity index (χ3n) is 2.55. The van der Waals surface area contributed by atoms with Crippen molar-refractivity contribution in [3.63, 3.8) is 0 Å². The smallest absolute Gasteiger partial charge is 0.319 e. The molecule has 0 aliphatic rings. The van der Waals surface area contributed by atoms with Crippen molar-refractivity contribution in [1.29, 1.82) is 0 Å². The Bertz CT molecular complexity index is 604. The SMILES string of the molecule is CCOC(=O)[C@@H](Cc1ccc(Br)cc1)Sc1nnc(N)s1. The first-order chi connectivity index (χ1) is 10.1. The minimum Gasteiger partial charge on any atom is -0.465 e. The number of thioether (sulfide) groups is 1. The van der Waals surface area contributed by atoms with Crippen molar-refractivity contribution >= 4 is 50.1 Å². The lowest BCUT2D eigenvalue weighted by atomic mass is 10.1. The lowest BCUT2D eigenvalue weighted by Crippen LogP contribution is -2.22. The van der Waals surface area contributed by atoms with Crippen molar-refractivity contribution in [2.75, 3.05) is 12.3 Å². The maximum absolute atomic E-state index is 12.1. The molecule has 0 radical (unpaired) electrons. The van der Waals surface area contributed by atoms with Crippen LogP contribution in [0, 0.1) is 0 Å². The molecule has 0 aliphatic heterocycles. The molecule has 2 N–H and O–H groups in total. The van der Waals surface area contributed by atoms with Crippen LogP contribution in [0.1, 0.15) is 12.5 Å². The van der Waals surface area contributed by atoms with Crippen molar-refractivity contribution < 1.29 is 9.53 Å². The van der Waals surface area contributed by atoms with Gasteiger partial charge in [0.25, 0.3) is 0 Å². The molecule has 0 bridgehead atoms. The summed E-state index contributed by atoms with van der Waals surface area (Å²) in [6.45, 7) is 2.15. The number of halogens is 1. The van der Waals surface area contributed by atoms with Crippen LogP contribution in [0.4, 0.5) is 5.13 Å². The third kappa shape index (κ3) is 4.98. The van der Waals surface area contributed by atoms with Gasteiger partial charge in [-0.05, 0) is 31.0 Å². The standard InChI is InChI=1S/C13H14BrN3O2S2/c1-2-19-11(18)10(20-13-17-16-12(15)21-13)7-8-3-5-9(14)6-4-8/h3-6,10H,2,7H2,1H3,(H2,15,16)/t10-/m1/s1. The molecule has 1 aromatic heterocycles. The van der Waals surface area contributed by atoms with Crippen LogP contribution in [0.15, 0.2) is 33.1 Å². The summed E-state index contributed by atoms with van der Waals surface area (Å²) in [6, 6.07) is 7.85. The number of anilines is 1. The minimum absolute atomic E-state index is 0.251. The average molecular weight is 388 g/mol. The highest BCUT2D eigenvalue weighted by molar-refractivity contribution is 9.10. The third-order valence-corrected chi connectivity index (χ3v) is 5.09. The molecule has 0 unspecified atom stereocenters. The molecule has 0 amide bonds. The molecule has 0 saturated carbocycles. The highest BCUT2D eigenvalue weighted by Gasteiger charge is 2.23. The van der Waals surface area contributed by atoms with Gasteiger partial charge >= 0.3 is 5.97 Å². The van der Waals surface area contributed by atoms with E-state index < -0.39 is 0 Å². The second kappa shape index (κ2) is 7.77. The summed E-state index contributed by atoms with van der Waals surface area (Å²) in [5, 5.41) is 7.74. The summed E-state index contributed by atoms with van der Waals surface area (Å²) in [7, 11) is 0. The molecule has 8 heteroatoms. The van der Waals surface area contributed by atoms with Crippen LogP contribution in [0.3, 0.4) is 0 Å². The number of rotatable bonds is 6. The Balaban J connectivity index is 2.11. The maximum atomic E-state index is 12.1. The van der Waals surface area contributed by atoms with Crippen LogP contribution in [-0.2, 0) is 16.0 Å². The lowest BCUT2D eigenvalue weighted by molar-refractivity contribution is -0.142. The monoisotopic (exact) mass is 387 g/mol. The van der Waals surface area contributed by atoms with Gasteiger partial charge in [0, 0.05) is 4.47 Å². The zero-order valence-electron chi connectivity index (χ0n) is 11.3. The van der Waals surface area contributed by atoms with Crippen molar-refractivity contribution in [3.8, 4) is 0 Å². The molecule has 2 aromatic rings. The molecule has 2 rings (SSSR count). The van der Waals surface area contributed by atoms with E-state index >= 15 is 0 Å². The number of hydrogen-bond donors (Lipinski definition) is 1. The molecule has 0 aliphatic carbocycles. The zero-order chi connectivity index (χ0) is 15.2. The van der Waals surface area contributed by atoms with Crippen LogP contribution in [0.25, 0.3) is 0 Å². The first kappa shape index (κ1) is 16.3. The van der Waals surface area contributed by atoms with Crippen molar-refractivity contribution in [2.24, 2.45) is 0 Å². The molecule has 0 fully saturated rings. The highest BCUT2D eigenvalue weighted by Crippen LogP contribution is 2.30. The fraction of sp³-hybridized carbons (Fsp3) is 0.308. The number of hydrogen-bond acceptors (Lipinski definition) is 7. The Labute approximate surface area is 139 Å². The van der Waals surface area contributed by atoms with Crippen LogP contribution in [-0.4, -0.2) is 28.0 Å². The number of benzene rings is 1. The summed E-state index contributed by atoms with van der Waals surface area (Å²) in [4.78, 5) is 12.1. The summed E-state index contributed by atoms with van der Waals surface area (Å²) in [5.74, 6) is -0.251.